The maximum absolute atomic E-state index is 8.82. The zero-order valence-electron chi connectivity index (χ0n) is 32.6. The van der Waals surface area contributed by atoms with Crippen LogP contribution in [0.3, 0.4) is 0 Å². The first kappa shape index (κ1) is 30.4. The van der Waals surface area contributed by atoms with Crippen molar-refractivity contribution in [2.24, 2.45) is 5.41 Å². The number of fused-ring (bicyclic) bond motifs is 4. The molecule has 3 heteroatoms. The number of rotatable bonds is 7. The molecular weight excluding hydrogens is 621 g/mol. The van der Waals surface area contributed by atoms with E-state index >= 15 is 0 Å². The highest BCUT2D eigenvalue weighted by Crippen LogP contribution is 2.43. The van der Waals surface area contributed by atoms with E-state index in [9.17, 15) is 0 Å². The lowest BCUT2D eigenvalue weighted by Gasteiger charge is -2.24. The molecule has 8 rings (SSSR count). The Bertz CT molecular complexity index is 2590. The Kier molecular flexibility index (Phi) is 7.59. The van der Waals surface area contributed by atoms with Gasteiger partial charge < -0.3 is 4.42 Å². The zero-order valence-corrected chi connectivity index (χ0v) is 30.6. The summed E-state index contributed by atoms with van der Waals surface area (Å²) in [6.45, 7) is 14.9. The van der Waals surface area contributed by atoms with Crippen molar-refractivity contribution in [2.45, 2.75) is 66.7 Å². The maximum Gasteiger partial charge on any atom is 0.149 e. The third-order valence-corrected chi connectivity index (χ3v) is 9.78. The first-order valence-electron chi connectivity index (χ1n) is 19.1. The van der Waals surface area contributed by atoms with Gasteiger partial charge in [-0.2, -0.15) is 0 Å². The van der Waals surface area contributed by atoms with E-state index in [1.54, 1.807) is 0 Å². The smallest absolute Gasteiger partial charge is 0.149 e. The van der Waals surface area contributed by atoms with Crippen molar-refractivity contribution in [3.63, 3.8) is 0 Å². The van der Waals surface area contributed by atoms with Gasteiger partial charge in [-0.05, 0) is 105 Å². The van der Waals surface area contributed by atoms with Crippen molar-refractivity contribution in [3.05, 3.63) is 144 Å². The number of hydrogen-bond donors (Lipinski definition) is 0. The summed E-state index contributed by atoms with van der Waals surface area (Å²) >= 11 is 0. The van der Waals surface area contributed by atoms with Crippen LogP contribution in [0.15, 0.2) is 132 Å². The number of furan rings is 1. The molecule has 0 saturated heterocycles. The number of nitrogens with zero attached hydrogens (tertiary/aromatic N) is 2. The van der Waals surface area contributed by atoms with Gasteiger partial charge in [0.1, 0.15) is 17.0 Å². The fourth-order valence-corrected chi connectivity index (χ4v) is 7.38. The summed E-state index contributed by atoms with van der Waals surface area (Å²) in [6.07, 6.45) is -1.45. The molecule has 0 fully saturated rings. The van der Waals surface area contributed by atoms with Gasteiger partial charge in [-0.1, -0.05) is 133 Å². The number of imidazole rings is 1. The normalized spacial score (nSPS) is 13.1. The standard InChI is InChI=1S/C48H46N2O/c1-30(2)40-26-36(34-22-20-32(21-23-34)29-48(5,6)7)27-41(31(3)4)45(40)50-43-19-12-11-18-42(43)49-47(50)39-17-13-16-38-37-25-24-35(28-44(37)51-46(38)39)33-14-9-8-10-15-33/h8-28,30-31H,29H2,1-7H3/i29D2. The largest absolute Gasteiger partial charge is 0.455 e. The highest BCUT2D eigenvalue weighted by Gasteiger charge is 2.25. The summed E-state index contributed by atoms with van der Waals surface area (Å²) in [7, 11) is 0. The monoisotopic (exact) mass is 668 g/mol. The minimum atomic E-state index is -1.45. The van der Waals surface area contributed by atoms with Gasteiger partial charge >= 0.3 is 0 Å². The quantitative estimate of drug-likeness (QED) is 0.169. The van der Waals surface area contributed by atoms with Gasteiger partial charge in [0.25, 0.3) is 0 Å². The third-order valence-electron chi connectivity index (χ3n) is 9.78. The molecule has 3 nitrogen and oxygen atoms in total. The van der Waals surface area contributed by atoms with Gasteiger partial charge in [0.05, 0.1) is 22.3 Å². The van der Waals surface area contributed by atoms with Gasteiger partial charge in [-0.3, -0.25) is 4.57 Å². The average molecular weight is 669 g/mol. The minimum absolute atomic E-state index is 0.212. The van der Waals surface area contributed by atoms with Crippen molar-refractivity contribution in [2.75, 3.05) is 0 Å². The first-order valence-corrected chi connectivity index (χ1v) is 18.1. The average Bonchev–Trinajstić information content (AvgIpc) is 3.72. The van der Waals surface area contributed by atoms with E-state index < -0.39 is 11.8 Å². The third kappa shape index (κ3) is 6.05. The molecule has 6 aromatic carbocycles. The van der Waals surface area contributed by atoms with Crippen LogP contribution in [0.5, 0.6) is 0 Å². The molecule has 0 aliphatic carbocycles. The topological polar surface area (TPSA) is 31.0 Å². The van der Waals surface area contributed by atoms with Crippen LogP contribution in [0.1, 0.15) is 79.7 Å². The summed E-state index contributed by atoms with van der Waals surface area (Å²) in [5, 5.41) is 2.15. The number of benzene rings is 6. The van der Waals surface area contributed by atoms with E-state index in [2.05, 4.69) is 141 Å². The number of aromatic nitrogens is 2. The highest BCUT2D eigenvalue weighted by molar-refractivity contribution is 6.10. The summed E-state index contributed by atoms with van der Waals surface area (Å²) in [5.74, 6) is 1.28. The van der Waals surface area contributed by atoms with Crippen LogP contribution in [0.4, 0.5) is 0 Å². The lowest BCUT2D eigenvalue weighted by molar-refractivity contribution is 0.411. The molecule has 0 atom stereocenters. The van der Waals surface area contributed by atoms with Crippen molar-refractivity contribution >= 4 is 33.0 Å². The predicted molar refractivity (Wildman–Crippen MR) is 216 cm³/mol. The first-order chi connectivity index (χ1) is 25.3. The van der Waals surface area contributed by atoms with Crippen molar-refractivity contribution in [3.8, 4) is 39.3 Å². The molecule has 0 N–H and O–H groups in total. The van der Waals surface area contributed by atoms with E-state index in [-0.39, 0.29) is 11.8 Å². The van der Waals surface area contributed by atoms with Crippen LogP contribution in [0.2, 0.25) is 0 Å². The van der Waals surface area contributed by atoms with E-state index in [1.165, 1.54) is 11.1 Å². The molecule has 51 heavy (non-hydrogen) atoms. The second-order valence-electron chi connectivity index (χ2n) is 15.4. The molecule has 2 aromatic heterocycles. The Balaban J connectivity index is 1.34. The molecule has 0 spiro atoms. The maximum atomic E-state index is 8.82. The molecular formula is C48H46N2O. The van der Waals surface area contributed by atoms with Crippen LogP contribution in [-0.2, 0) is 6.37 Å². The fourth-order valence-electron chi connectivity index (χ4n) is 7.38. The second kappa shape index (κ2) is 12.7. The number of hydrogen-bond acceptors (Lipinski definition) is 2. The zero-order chi connectivity index (χ0) is 37.2. The van der Waals surface area contributed by atoms with Crippen LogP contribution in [-0.4, -0.2) is 9.55 Å². The fraction of sp³-hybridized carbons (Fsp3) is 0.229. The van der Waals surface area contributed by atoms with E-state index in [4.69, 9.17) is 12.1 Å². The van der Waals surface area contributed by atoms with E-state index in [1.807, 2.05) is 39.0 Å². The highest BCUT2D eigenvalue weighted by atomic mass is 16.3. The molecule has 0 bridgehead atoms. The molecule has 254 valence electrons. The Hall–Kier alpha value is -5.41. The van der Waals surface area contributed by atoms with Crippen LogP contribution >= 0.6 is 0 Å². The molecule has 0 aliphatic heterocycles. The van der Waals surface area contributed by atoms with Crippen molar-refractivity contribution in [1.29, 1.82) is 0 Å². The molecule has 2 heterocycles. The second-order valence-corrected chi connectivity index (χ2v) is 15.4. The van der Waals surface area contributed by atoms with Crippen LogP contribution < -0.4 is 0 Å². The van der Waals surface area contributed by atoms with Crippen molar-refractivity contribution in [1.82, 2.24) is 9.55 Å². The minimum Gasteiger partial charge on any atom is -0.455 e. The lowest BCUT2D eigenvalue weighted by Crippen LogP contribution is -2.10. The molecule has 0 amide bonds. The Morgan fingerprint density at radius 1 is 0.647 bits per heavy atom. The summed E-state index contributed by atoms with van der Waals surface area (Å²) in [6, 6.07) is 44.4. The van der Waals surface area contributed by atoms with Gasteiger partial charge in [-0.15, -0.1) is 0 Å². The Labute approximate surface area is 304 Å². The lowest BCUT2D eigenvalue weighted by atomic mass is 9.86. The summed E-state index contributed by atoms with van der Waals surface area (Å²) in [5.41, 5.74) is 12.9. The SMILES string of the molecule is [2H]C([2H])(c1ccc(-c2cc(C(C)C)c(-n3c(-c4cccc5c4oc4cc(-c6ccccc6)ccc45)nc4ccccc43)c(C(C)C)c2)cc1)C(C)(C)C. The number of para-hydroxylation sites is 3. The summed E-state index contributed by atoms with van der Waals surface area (Å²) < 4.78 is 26.8. The molecule has 0 radical (unpaired) electrons. The van der Waals surface area contributed by atoms with Crippen LogP contribution in [0.25, 0.3) is 72.3 Å². The molecule has 8 aromatic rings. The summed E-state index contributed by atoms with van der Waals surface area (Å²) in [4.78, 5) is 5.35. The van der Waals surface area contributed by atoms with Gasteiger partial charge in [0, 0.05) is 13.5 Å². The molecule has 0 saturated carbocycles. The van der Waals surface area contributed by atoms with Gasteiger partial charge in [-0.25, -0.2) is 4.98 Å². The predicted octanol–water partition coefficient (Wildman–Crippen LogP) is 13.8. The van der Waals surface area contributed by atoms with E-state index in [0.717, 1.165) is 72.3 Å². The Morgan fingerprint density at radius 2 is 1.29 bits per heavy atom. The van der Waals surface area contributed by atoms with Gasteiger partial charge in [0.2, 0.25) is 0 Å². The van der Waals surface area contributed by atoms with Crippen molar-refractivity contribution < 1.29 is 7.16 Å². The molecule has 0 unspecified atom stereocenters. The van der Waals surface area contributed by atoms with Crippen LogP contribution in [0, 0.1) is 5.41 Å². The van der Waals surface area contributed by atoms with E-state index in [0.29, 0.717) is 5.56 Å². The Morgan fingerprint density at radius 3 is 1.98 bits per heavy atom. The van der Waals surface area contributed by atoms with Gasteiger partial charge in [0.15, 0.2) is 0 Å². The molecule has 0 aliphatic rings.